The molecule has 1 N–H and O–H groups in total. The molecule has 0 bridgehead atoms. The fourth-order valence-corrected chi connectivity index (χ4v) is 3.21. The van der Waals surface area contributed by atoms with Crippen molar-refractivity contribution in [2.45, 2.75) is 20.3 Å². The Morgan fingerprint density at radius 1 is 0.931 bits per heavy atom. The van der Waals surface area contributed by atoms with E-state index in [0.717, 1.165) is 28.8 Å². The molecule has 2 amide bonds. The number of hydrogen-bond acceptors (Lipinski definition) is 3. The lowest BCUT2D eigenvalue weighted by atomic mass is 10.1. The Balaban J connectivity index is 1.67. The van der Waals surface area contributed by atoms with Crippen LogP contribution >= 0.6 is 0 Å². The van der Waals surface area contributed by atoms with Crippen LogP contribution in [0.2, 0.25) is 0 Å². The Kier molecular flexibility index (Phi) is 6.39. The molecule has 1 aromatic heterocycles. The monoisotopic (exact) mass is 387 g/mol. The number of amides is 2. The maximum atomic E-state index is 12.8. The molecule has 0 aliphatic carbocycles. The summed E-state index contributed by atoms with van der Waals surface area (Å²) in [5.41, 5.74) is 4.99. The van der Waals surface area contributed by atoms with Crippen molar-refractivity contribution in [3.8, 4) is 0 Å². The molecule has 2 aromatic carbocycles. The number of carbonyl (C=O) groups is 2. The first-order valence-corrected chi connectivity index (χ1v) is 9.56. The van der Waals surface area contributed by atoms with Gasteiger partial charge in [-0.25, -0.2) is 0 Å². The Hall–Kier alpha value is -3.47. The molecule has 0 aliphatic rings. The van der Waals surface area contributed by atoms with Crippen LogP contribution < -0.4 is 5.32 Å². The van der Waals surface area contributed by atoms with Crippen molar-refractivity contribution in [1.82, 2.24) is 9.88 Å². The molecule has 0 radical (unpaired) electrons. The molecule has 5 heteroatoms. The average Bonchev–Trinajstić information content (AvgIpc) is 2.71. The molecule has 0 spiro atoms. The van der Waals surface area contributed by atoms with Crippen molar-refractivity contribution in [3.63, 3.8) is 0 Å². The van der Waals surface area contributed by atoms with Crippen LogP contribution in [0.1, 0.15) is 37.4 Å². The molecule has 3 rings (SSSR count). The molecule has 0 aliphatic heterocycles. The highest BCUT2D eigenvalue weighted by Crippen LogP contribution is 2.16. The quantitative estimate of drug-likeness (QED) is 0.687. The number of nitrogens with zero attached hydrogens (tertiary/aromatic N) is 2. The zero-order valence-electron chi connectivity index (χ0n) is 17.0. The second kappa shape index (κ2) is 9.15. The van der Waals surface area contributed by atoms with Gasteiger partial charge >= 0.3 is 0 Å². The van der Waals surface area contributed by atoms with Gasteiger partial charge < -0.3 is 10.2 Å². The lowest BCUT2D eigenvalue weighted by Gasteiger charge is -2.17. The molecule has 0 unspecified atom stereocenters. The van der Waals surface area contributed by atoms with E-state index in [4.69, 9.17) is 0 Å². The third-order valence-corrected chi connectivity index (χ3v) is 4.68. The second-order valence-electron chi connectivity index (χ2n) is 7.24. The Labute approximate surface area is 171 Å². The molecule has 148 valence electrons. The van der Waals surface area contributed by atoms with Gasteiger partial charge in [-0.3, -0.25) is 14.6 Å². The number of aromatic nitrogens is 1. The van der Waals surface area contributed by atoms with Crippen molar-refractivity contribution >= 4 is 17.5 Å². The summed E-state index contributed by atoms with van der Waals surface area (Å²) in [5.74, 6) is -0.343. The summed E-state index contributed by atoms with van der Waals surface area (Å²) in [4.78, 5) is 31.1. The molecule has 3 aromatic rings. The van der Waals surface area contributed by atoms with E-state index in [9.17, 15) is 9.59 Å². The maximum absolute atomic E-state index is 12.8. The van der Waals surface area contributed by atoms with Crippen molar-refractivity contribution in [2.75, 3.05) is 18.9 Å². The minimum atomic E-state index is -0.232. The van der Waals surface area contributed by atoms with Gasteiger partial charge in [0, 0.05) is 42.8 Å². The van der Waals surface area contributed by atoms with Crippen LogP contribution in [0.5, 0.6) is 0 Å². The summed E-state index contributed by atoms with van der Waals surface area (Å²) in [6.45, 7) is 4.56. The van der Waals surface area contributed by atoms with E-state index in [-0.39, 0.29) is 11.8 Å². The van der Waals surface area contributed by atoms with E-state index in [1.54, 1.807) is 48.6 Å². The van der Waals surface area contributed by atoms with Gasteiger partial charge in [0.15, 0.2) is 0 Å². The van der Waals surface area contributed by atoms with Crippen LogP contribution in [0.25, 0.3) is 0 Å². The summed E-state index contributed by atoms with van der Waals surface area (Å²) in [5, 5.41) is 2.91. The summed E-state index contributed by atoms with van der Waals surface area (Å²) in [6, 6.07) is 16.6. The van der Waals surface area contributed by atoms with Crippen LogP contribution in [-0.4, -0.2) is 35.3 Å². The molecular formula is C24H25N3O2. The van der Waals surface area contributed by atoms with Crippen molar-refractivity contribution < 1.29 is 9.59 Å². The van der Waals surface area contributed by atoms with Crippen molar-refractivity contribution in [1.29, 1.82) is 0 Å². The first kappa shape index (κ1) is 20.3. The molecule has 0 fully saturated rings. The van der Waals surface area contributed by atoms with Gasteiger partial charge in [0.1, 0.15) is 0 Å². The van der Waals surface area contributed by atoms with E-state index < -0.39 is 0 Å². The minimum Gasteiger partial charge on any atom is -0.341 e. The number of hydrogen-bond donors (Lipinski definition) is 1. The minimum absolute atomic E-state index is 0.111. The van der Waals surface area contributed by atoms with Crippen LogP contribution in [-0.2, 0) is 6.42 Å². The molecule has 1 heterocycles. The molecule has 0 saturated heterocycles. The summed E-state index contributed by atoms with van der Waals surface area (Å²) in [7, 11) is 1.77. The number of nitrogens with one attached hydrogen (secondary N) is 1. The third kappa shape index (κ3) is 5.51. The predicted molar refractivity (Wildman–Crippen MR) is 115 cm³/mol. The van der Waals surface area contributed by atoms with Crippen LogP contribution in [0.3, 0.4) is 0 Å². The highest BCUT2D eigenvalue weighted by atomic mass is 16.2. The standard InChI is InChI=1S/C24H25N3O2/c1-17-13-18(2)15-22(14-17)26-23(28)20-5-4-6-21(16-20)24(29)27(3)12-9-19-7-10-25-11-8-19/h4-8,10-11,13-16H,9,12H2,1-3H3,(H,26,28). The average molecular weight is 387 g/mol. The first-order chi connectivity index (χ1) is 13.9. The van der Waals surface area contributed by atoms with Gasteiger partial charge in [-0.15, -0.1) is 0 Å². The normalized spacial score (nSPS) is 10.4. The molecule has 0 atom stereocenters. The highest BCUT2D eigenvalue weighted by molar-refractivity contribution is 6.06. The molecule has 0 saturated carbocycles. The summed E-state index contributed by atoms with van der Waals surface area (Å²) >= 11 is 0. The van der Waals surface area contributed by atoms with E-state index in [0.29, 0.717) is 17.7 Å². The number of pyridine rings is 1. The summed E-state index contributed by atoms with van der Waals surface area (Å²) < 4.78 is 0. The van der Waals surface area contributed by atoms with Crippen LogP contribution in [0, 0.1) is 13.8 Å². The number of benzene rings is 2. The zero-order chi connectivity index (χ0) is 20.8. The first-order valence-electron chi connectivity index (χ1n) is 9.56. The van der Waals surface area contributed by atoms with Gasteiger partial charge in [-0.1, -0.05) is 12.1 Å². The Morgan fingerprint density at radius 3 is 2.28 bits per heavy atom. The number of aryl methyl sites for hydroxylation is 2. The smallest absolute Gasteiger partial charge is 0.255 e. The van der Waals surface area contributed by atoms with Crippen molar-refractivity contribution in [2.24, 2.45) is 0 Å². The number of anilines is 1. The molecule has 29 heavy (non-hydrogen) atoms. The summed E-state index contributed by atoms with van der Waals surface area (Å²) in [6.07, 6.45) is 4.24. The van der Waals surface area contributed by atoms with E-state index in [1.165, 1.54) is 0 Å². The maximum Gasteiger partial charge on any atom is 0.255 e. The van der Waals surface area contributed by atoms with Crippen LogP contribution in [0.4, 0.5) is 5.69 Å². The molecular weight excluding hydrogens is 362 g/mol. The fourth-order valence-electron chi connectivity index (χ4n) is 3.21. The number of carbonyl (C=O) groups excluding carboxylic acids is 2. The highest BCUT2D eigenvalue weighted by Gasteiger charge is 2.14. The predicted octanol–water partition coefficient (Wildman–Crippen LogP) is 4.27. The second-order valence-corrected chi connectivity index (χ2v) is 7.24. The van der Waals surface area contributed by atoms with Crippen LogP contribution in [0.15, 0.2) is 67.0 Å². The van der Waals surface area contributed by atoms with E-state index in [2.05, 4.69) is 16.4 Å². The number of likely N-dealkylation sites (N-methyl/N-ethyl adjacent to an activating group) is 1. The topological polar surface area (TPSA) is 62.3 Å². The van der Waals surface area contributed by atoms with Gasteiger partial charge in [-0.2, -0.15) is 0 Å². The Bertz CT molecular complexity index is 995. The van der Waals surface area contributed by atoms with E-state index >= 15 is 0 Å². The Morgan fingerprint density at radius 2 is 1.59 bits per heavy atom. The lowest BCUT2D eigenvalue weighted by molar-refractivity contribution is 0.0796. The lowest BCUT2D eigenvalue weighted by Crippen LogP contribution is -2.29. The molecule has 5 nitrogen and oxygen atoms in total. The third-order valence-electron chi connectivity index (χ3n) is 4.68. The van der Waals surface area contributed by atoms with Crippen molar-refractivity contribution in [3.05, 3.63) is 94.8 Å². The zero-order valence-corrected chi connectivity index (χ0v) is 17.0. The van der Waals surface area contributed by atoms with Gasteiger partial charge in [-0.05, 0) is 79.4 Å². The number of rotatable bonds is 6. The SMILES string of the molecule is Cc1cc(C)cc(NC(=O)c2cccc(C(=O)N(C)CCc3ccncc3)c2)c1. The van der Waals surface area contributed by atoms with Gasteiger partial charge in [0.25, 0.3) is 11.8 Å². The van der Waals surface area contributed by atoms with Gasteiger partial charge in [0.2, 0.25) is 0 Å². The van der Waals surface area contributed by atoms with Gasteiger partial charge in [0.05, 0.1) is 0 Å². The largest absolute Gasteiger partial charge is 0.341 e. The fraction of sp³-hybridized carbons (Fsp3) is 0.208. The van der Waals surface area contributed by atoms with E-state index in [1.807, 2.05) is 38.1 Å².